The summed E-state index contributed by atoms with van der Waals surface area (Å²) >= 11 is 6.02. The molecule has 0 spiro atoms. The number of halogens is 1. The minimum Gasteiger partial charge on any atom is -0.362 e. The number of nitro groups is 1. The van der Waals surface area contributed by atoms with Crippen LogP contribution in [0.15, 0.2) is 60.8 Å². The predicted molar refractivity (Wildman–Crippen MR) is 110 cm³/mol. The van der Waals surface area contributed by atoms with Crippen molar-refractivity contribution in [2.24, 2.45) is 0 Å². The number of nitrogens with zero attached hydrogens (tertiary/aromatic N) is 5. The Balaban J connectivity index is 1.44. The largest absolute Gasteiger partial charge is 0.362 e. The van der Waals surface area contributed by atoms with Gasteiger partial charge in [0.15, 0.2) is 5.69 Å². The molecule has 0 bridgehead atoms. The van der Waals surface area contributed by atoms with Gasteiger partial charge in [0, 0.05) is 43.5 Å². The summed E-state index contributed by atoms with van der Waals surface area (Å²) in [4.78, 5) is 27.4. The second-order valence-electron chi connectivity index (χ2n) is 6.65. The average molecular weight is 412 g/mol. The van der Waals surface area contributed by atoms with E-state index >= 15 is 0 Å². The number of para-hydroxylation sites is 2. The highest BCUT2D eigenvalue weighted by atomic mass is 35.5. The zero-order valence-electron chi connectivity index (χ0n) is 15.4. The van der Waals surface area contributed by atoms with Crippen LogP contribution in [-0.2, 0) is 0 Å². The molecule has 9 heteroatoms. The molecular formula is C20H18ClN5O3. The first-order valence-electron chi connectivity index (χ1n) is 9.12. The van der Waals surface area contributed by atoms with E-state index < -0.39 is 0 Å². The molecule has 0 N–H and O–H groups in total. The van der Waals surface area contributed by atoms with Crippen molar-refractivity contribution < 1.29 is 9.72 Å². The van der Waals surface area contributed by atoms with Crippen molar-refractivity contribution in [2.45, 2.75) is 0 Å². The lowest BCUT2D eigenvalue weighted by atomic mass is 10.2. The Morgan fingerprint density at radius 2 is 1.79 bits per heavy atom. The van der Waals surface area contributed by atoms with Crippen LogP contribution >= 0.6 is 11.6 Å². The molecule has 0 saturated carbocycles. The molecule has 1 aromatic heterocycles. The first kappa shape index (κ1) is 18.9. The van der Waals surface area contributed by atoms with Gasteiger partial charge in [-0.3, -0.25) is 14.9 Å². The lowest BCUT2D eigenvalue weighted by Crippen LogP contribution is -2.49. The van der Waals surface area contributed by atoms with Crippen molar-refractivity contribution in [3.8, 4) is 5.69 Å². The molecule has 0 unspecified atom stereocenters. The maximum absolute atomic E-state index is 12.8. The number of carbonyl (C=O) groups is 1. The van der Waals surface area contributed by atoms with Gasteiger partial charge >= 0.3 is 0 Å². The van der Waals surface area contributed by atoms with Crippen LogP contribution in [0.25, 0.3) is 5.69 Å². The standard InChI is InChI=1S/C20H18ClN5O3/c21-15-4-3-5-16(14-15)25-9-8-17(22-25)20(27)24-12-10-23(11-13-24)18-6-1-2-7-19(18)26(28)29/h1-9,14H,10-13H2. The lowest BCUT2D eigenvalue weighted by Gasteiger charge is -2.35. The smallest absolute Gasteiger partial charge is 0.292 e. The van der Waals surface area contributed by atoms with Gasteiger partial charge in [-0.15, -0.1) is 0 Å². The molecule has 0 aliphatic carbocycles. The van der Waals surface area contributed by atoms with Crippen molar-refractivity contribution in [1.82, 2.24) is 14.7 Å². The van der Waals surface area contributed by atoms with Crippen LogP contribution in [0.2, 0.25) is 5.02 Å². The Bertz CT molecular complexity index is 1060. The lowest BCUT2D eigenvalue weighted by molar-refractivity contribution is -0.384. The number of amides is 1. The number of carbonyl (C=O) groups excluding carboxylic acids is 1. The van der Waals surface area contributed by atoms with Crippen LogP contribution in [0, 0.1) is 10.1 Å². The zero-order chi connectivity index (χ0) is 20.4. The molecule has 1 amide bonds. The molecule has 0 radical (unpaired) electrons. The molecule has 148 valence electrons. The summed E-state index contributed by atoms with van der Waals surface area (Å²) in [6, 6.07) is 15.6. The summed E-state index contributed by atoms with van der Waals surface area (Å²) in [5.41, 5.74) is 1.78. The maximum atomic E-state index is 12.8. The van der Waals surface area contributed by atoms with Gasteiger partial charge in [-0.2, -0.15) is 5.10 Å². The second kappa shape index (κ2) is 7.92. The van der Waals surface area contributed by atoms with Gasteiger partial charge in [0.2, 0.25) is 0 Å². The van der Waals surface area contributed by atoms with Crippen molar-refractivity contribution in [2.75, 3.05) is 31.1 Å². The summed E-state index contributed by atoms with van der Waals surface area (Å²) in [5, 5.41) is 16.2. The van der Waals surface area contributed by atoms with Gasteiger partial charge in [0.25, 0.3) is 11.6 Å². The number of hydrogen-bond acceptors (Lipinski definition) is 5. The molecule has 3 aromatic rings. The highest BCUT2D eigenvalue weighted by molar-refractivity contribution is 6.30. The van der Waals surface area contributed by atoms with Crippen LogP contribution in [-0.4, -0.2) is 51.7 Å². The summed E-state index contributed by atoms with van der Waals surface area (Å²) in [6.45, 7) is 1.97. The Morgan fingerprint density at radius 1 is 1.03 bits per heavy atom. The van der Waals surface area contributed by atoms with Gasteiger partial charge in [0.1, 0.15) is 5.69 Å². The van der Waals surface area contributed by atoms with Crippen molar-refractivity contribution in [1.29, 1.82) is 0 Å². The molecule has 1 aliphatic heterocycles. The Kier molecular flexibility index (Phi) is 5.18. The van der Waals surface area contributed by atoms with Crippen molar-refractivity contribution in [3.63, 3.8) is 0 Å². The topological polar surface area (TPSA) is 84.5 Å². The molecule has 1 aliphatic rings. The number of piperazine rings is 1. The minimum atomic E-state index is -0.380. The van der Waals surface area contributed by atoms with E-state index in [0.717, 1.165) is 5.69 Å². The third-order valence-corrected chi connectivity index (χ3v) is 5.10. The van der Waals surface area contributed by atoms with E-state index in [1.807, 2.05) is 17.0 Å². The average Bonchev–Trinajstić information content (AvgIpc) is 3.24. The second-order valence-corrected chi connectivity index (χ2v) is 7.09. The summed E-state index contributed by atoms with van der Waals surface area (Å²) in [6.07, 6.45) is 1.72. The summed E-state index contributed by atoms with van der Waals surface area (Å²) in [5.74, 6) is -0.159. The summed E-state index contributed by atoms with van der Waals surface area (Å²) in [7, 11) is 0. The van der Waals surface area contributed by atoms with E-state index in [1.165, 1.54) is 6.07 Å². The Hall–Kier alpha value is -3.39. The van der Waals surface area contributed by atoms with Gasteiger partial charge < -0.3 is 9.80 Å². The fraction of sp³-hybridized carbons (Fsp3) is 0.200. The SMILES string of the molecule is O=C(c1ccn(-c2cccc(Cl)c2)n1)N1CCN(c2ccccc2[N+](=O)[O-])CC1. The highest BCUT2D eigenvalue weighted by Gasteiger charge is 2.27. The van der Waals surface area contributed by atoms with E-state index in [4.69, 9.17) is 11.6 Å². The van der Waals surface area contributed by atoms with Crippen LogP contribution in [0.3, 0.4) is 0 Å². The van der Waals surface area contributed by atoms with Gasteiger partial charge in [-0.1, -0.05) is 29.8 Å². The number of nitro benzene ring substituents is 1. The molecular weight excluding hydrogens is 394 g/mol. The minimum absolute atomic E-state index is 0.0764. The first-order valence-corrected chi connectivity index (χ1v) is 9.50. The zero-order valence-corrected chi connectivity index (χ0v) is 16.2. The quantitative estimate of drug-likeness (QED) is 0.485. The maximum Gasteiger partial charge on any atom is 0.292 e. The molecule has 0 atom stereocenters. The molecule has 8 nitrogen and oxygen atoms in total. The molecule has 1 saturated heterocycles. The Morgan fingerprint density at radius 3 is 2.52 bits per heavy atom. The van der Waals surface area contributed by atoms with Crippen LogP contribution in [0.4, 0.5) is 11.4 Å². The van der Waals surface area contributed by atoms with Gasteiger partial charge in [-0.25, -0.2) is 4.68 Å². The van der Waals surface area contributed by atoms with E-state index in [0.29, 0.717) is 42.6 Å². The monoisotopic (exact) mass is 411 g/mol. The van der Waals surface area contributed by atoms with E-state index in [9.17, 15) is 14.9 Å². The molecule has 4 rings (SSSR count). The van der Waals surface area contributed by atoms with E-state index in [1.54, 1.807) is 52.2 Å². The van der Waals surface area contributed by atoms with Crippen LogP contribution in [0.1, 0.15) is 10.5 Å². The number of benzene rings is 2. The number of rotatable bonds is 4. The molecule has 2 aromatic carbocycles. The van der Waals surface area contributed by atoms with E-state index in [-0.39, 0.29) is 16.5 Å². The van der Waals surface area contributed by atoms with Crippen molar-refractivity contribution >= 4 is 28.9 Å². The normalized spacial score (nSPS) is 14.1. The molecule has 1 fully saturated rings. The molecule has 29 heavy (non-hydrogen) atoms. The number of aromatic nitrogens is 2. The van der Waals surface area contributed by atoms with Crippen molar-refractivity contribution in [3.05, 3.63) is 81.6 Å². The van der Waals surface area contributed by atoms with Crippen LogP contribution < -0.4 is 4.90 Å². The fourth-order valence-electron chi connectivity index (χ4n) is 3.40. The third kappa shape index (κ3) is 3.93. The number of anilines is 1. The van der Waals surface area contributed by atoms with Gasteiger partial charge in [0.05, 0.1) is 10.6 Å². The first-order chi connectivity index (χ1) is 14.0. The third-order valence-electron chi connectivity index (χ3n) is 4.87. The number of hydrogen-bond donors (Lipinski definition) is 0. The molecule has 2 heterocycles. The van der Waals surface area contributed by atoms with Gasteiger partial charge in [-0.05, 0) is 30.3 Å². The van der Waals surface area contributed by atoms with Crippen LogP contribution in [0.5, 0.6) is 0 Å². The predicted octanol–water partition coefficient (Wildman–Crippen LogP) is 3.40. The fourth-order valence-corrected chi connectivity index (χ4v) is 3.58. The van der Waals surface area contributed by atoms with E-state index in [2.05, 4.69) is 5.10 Å². The summed E-state index contributed by atoms with van der Waals surface area (Å²) < 4.78 is 1.61. The highest BCUT2D eigenvalue weighted by Crippen LogP contribution is 2.28. The Labute approximate surface area is 172 Å².